The number of rotatable bonds is 5. The Kier molecular flexibility index (Phi) is 4.12. The molecule has 19 heavy (non-hydrogen) atoms. The van der Waals surface area contributed by atoms with Crippen molar-refractivity contribution in [2.45, 2.75) is 46.1 Å². The first kappa shape index (κ1) is 13.9. The standard InChI is InChI=1S/C14H24N4O/c1-5-15-12-11(19-4)13(17-9-16-12)18-10-7-6-8-14(10,2)3/h9-10H,5-8H2,1-4H3,(H2,15,16,17,18). The molecule has 1 aliphatic rings. The second-order valence-corrected chi connectivity index (χ2v) is 5.71. The molecule has 0 saturated heterocycles. The average Bonchev–Trinajstić information content (AvgIpc) is 2.70. The van der Waals surface area contributed by atoms with E-state index in [-0.39, 0.29) is 0 Å². The molecule has 1 atom stereocenters. The Labute approximate surface area is 115 Å². The van der Waals surface area contributed by atoms with Gasteiger partial charge in [-0.15, -0.1) is 0 Å². The highest BCUT2D eigenvalue weighted by molar-refractivity contribution is 5.63. The summed E-state index contributed by atoms with van der Waals surface area (Å²) in [4.78, 5) is 8.56. The topological polar surface area (TPSA) is 59.1 Å². The number of hydrogen-bond donors (Lipinski definition) is 2. The summed E-state index contributed by atoms with van der Waals surface area (Å²) >= 11 is 0. The Morgan fingerprint density at radius 2 is 2.11 bits per heavy atom. The van der Waals surface area contributed by atoms with Crippen LogP contribution in [-0.4, -0.2) is 29.7 Å². The highest BCUT2D eigenvalue weighted by atomic mass is 16.5. The van der Waals surface area contributed by atoms with Crippen molar-refractivity contribution in [1.29, 1.82) is 0 Å². The molecule has 0 aromatic carbocycles. The van der Waals surface area contributed by atoms with Crippen molar-refractivity contribution < 1.29 is 4.74 Å². The Hall–Kier alpha value is -1.52. The number of aromatic nitrogens is 2. The number of ether oxygens (including phenoxy) is 1. The Bertz CT molecular complexity index is 433. The summed E-state index contributed by atoms with van der Waals surface area (Å²) in [5.74, 6) is 2.23. The monoisotopic (exact) mass is 264 g/mol. The summed E-state index contributed by atoms with van der Waals surface area (Å²) in [5, 5.41) is 6.73. The highest BCUT2D eigenvalue weighted by Gasteiger charge is 2.35. The summed E-state index contributed by atoms with van der Waals surface area (Å²) in [6.45, 7) is 7.45. The quantitative estimate of drug-likeness (QED) is 0.856. The van der Waals surface area contributed by atoms with Gasteiger partial charge in [-0.3, -0.25) is 0 Å². The molecular weight excluding hydrogens is 240 g/mol. The predicted molar refractivity (Wildman–Crippen MR) is 77.8 cm³/mol. The van der Waals surface area contributed by atoms with Crippen LogP contribution in [0, 0.1) is 5.41 Å². The Morgan fingerprint density at radius 3 is 2.68 bits per heavy atom. The average molecular weight is 264 g/mol. The van der Waals surface area contributed by atoms with Gasteiger partial charge in [-0.2, -0.15) is 0 Å². The first-order valence-corrected chi connectivity index (χ1v) is 6.98. The van der Waals surface area contributed by atoms with Gasteiger partial charge in [0.2, 0.25) is 5.75 Å². The second-order valence-electron chi connectivity index (χ2n) is 5.71. The minimum Gasteiger partial charge on any atom is -0.490 e. The third kappa shape index (κ3) is 2.91. The van der Waals surface area contributed by atoms with Crippen molar-refractivity contribution in [2.24, 2.45) is 5.41 Å². The van der Waals surface area contributed by atoms with E-state index < -0.39 is 0 Å². The van der Waals surface area contributed by atoms with Crippen molar-refractivity contribution in [2.75, 3.05) is 24.3 Å². The first-order valence-electron chi connectivity index (χ1n) is 6.98. The van der Waals surface area contributed by atoms with E-state index in [0.29, 0.717) is 17.2 Å². The van der Waals surface area contributed by atoms with Gasteiger partial charge in [0.25, 0.3) is 0 Å². The van der Waals surface area contributed by atoms with E-state index in [4.69, 9.17) is 4.74 Å². The number of hydrogen-bond acceptors (Lipinski definition) is 5. The van der Waals surface area contributed by atoms with Crippen LogP contribution in [0.15, 0.2) is 6.33 Å². The van der Waals surface area contributed by atoms with Gasteiger partial charge in [0, 0.05) is 12.6 Å². The molecular formula is C14H24N4O. The molecule has 5 nitrogen and oxygen atoms in total. The summed E-state index contributed by atoms with van der Waals surface area (Å²) < 4.78 is 5.46. The lowest BCUT2D eigenvalue weighted by Gasteiger charge is -2.28. The molecule has 1 aromatic heterocycles. The normalized spacial score (nSPS) is 21.2. The zero-order valence-corrected chi connectivity index (χ0v) is 12.3. The maximum atomic E-state index is 5.46. The molecule has 1 fully saturated rings. The van der Waals surface area contributed by atoms with Gasteiger partial charge >= 0.3 is 0 Å². The van der Waals surface area contributed by atoms with Gasteiger partial charge in [-0.1, -0.05) is 20.3 Å². The third-order valence-corrected chi connectivity index (χ3v) is 3.92. The van der Waals surface area contributed by atoms with Crippen molar-refractivity contribution in [3.05, 3.63) is 6.33 Å². The van der Waals surface area contributed by atoms with Crippen LogP contribution >= 0.6 is 0 Å². The second kappa shape index (κ2) is 5.63. The number of nitrogens with one attached hydrogen (secondary N) is 2. The molecule has 1 saturated carbocycles. The van der Waals surface area contributed by atoms with Gasteiger partial charge in [-0.25, -0.2) is 9.97 Å². The summed E-state index contributed by atoms with van der Waals surface area (Å²) in [6, 6.07) is 0.436. The number of methoxy groups -OCH3 is 1. The van der Waals surface area contributed by atoms with E-state index in [2.05, 4.69) is 34.4 Å². The van der Waals surface area contributed by atoms with Gasteiger partial charge in [0.15, 0.2) is 11.6 Å². The molecule has 1 unspecified atom stereocenters. The van der Waals surface area contributed by atoms with E-state index in [1.54, 1.807) is 13.4 Å². The molecule has 0 radical (unpaired) electrons. The van der Waals surface area contributed by atoms with Crippen molar-refractivity contribution in [1.82, 2.24) is 9.97 Å². The SMILES string of the molecule is CCNc1ncnc(NC2CCCC2(C)C)c1OC. The lowest BCUT2D eigenvalue weighted by atomic mass is 9.87. The van der Waals surface area contributed by atoms with Crippen molar-refractivity contribution in [3.8, 4) is 5.75 Å². The molecule has 0 amide bonds. The molecule has 1 aliphatic carbocycles. The summed E-state index contributed by atoms with van der Waals surface area (Å²) in [7, 11) is 1.66. The largest absolute Gasteiger partial charge is 0.490 e. The van der Waals surface area contributed by atoms with Gasteiger partial charge < -0.3 is 15.4 Å². The van der Waals surface area contributed by atoms with E-state index in [1.807, 2.05) is 6.92 Å². The molecule has 0 aliphatic heterocycles. The smallest absolute Gasteiger partial charge is 0.204 e. The van der Waals surface area contributed by atoms with Crippen LogP contribution in [-0.2, 0) is 0 Å². The van der Waals surface area contributed by atoms with Gasteiger partial charge in [-0.05, 0) is 25.2 Å². The first-order chi connectivity index (χ1) is 9.08. The fourth-order valence-electron chi connectivity index (χ4n) is 2.72. The molecule has 106 valence electrons. The molecule has 1 heterocycles. The molecule has 2 rings (SSSR count). The maximum absolute atomic E-state index is 5.46. The van der Waals surface area contributed by atoms with Crippen LogP contribution in [0.3, 0.4) is 0 Å². The molecule has 0 spiro atoms. The van der Waals surface area contributed by atoms with E-state index >= 15 is 0 Å². The molecule has 2 N–H and O–H groups in total. The van der Waals surface area contributed by atoms with Crippen LogP contribution < -0.4 is 15.4 Å². The maximum Gasteiger partial charge on any atom is 0.204 e. The van der Waals surface area contributed by atoms with E-state index in [9.17, 15) is 0 Å². The fraction of sp³-hybridized carbons (Fsp3) is 0.714. The lowest BCUT2D eigenvalue weighted by molar-refractivity contribution is 0.347. The number of nitrogens with zero attached hydrogens (tertiary/aromatic N) is 2. The Morgan fingerprint density at radius 1 is 1.37 bits per heavy atom. The highest BCUT2D eigenvalue weighted by Crippen LogP contribution is 2.40. The summed E-state index contributed by atoms with van der Waals surface area (Å²) in [6.07, 6.45) is 5.26. The van der Waals surface area contributed by atoms with Crippen LogP contribution in [0.4, 0.5) is 11.6 Å². The van der Waals surface area contributed by atoms with Crippen molar-refractivity contribution >= 4 is 11.6 Å². The third-order valence-electron chi connectivity index (χ3n) is 3.92. The molecule has 0 bridgehead atoms. The van der Waals surface area contributed by atoms with E-state index in [0.717, 1.165) is 18.2 Å². The predicted octanol–water partition coefficient (Wildman–Crippen LogP) is 2.91. The fourth-order valence-corrected chi connectivity index (χ4v) is 2.72. The lowest BCUT2D eigenvalue weighted by Crippen LogP contribution is -2.31. The van der Waals surface area contributed by atoms with Crippen LogP contribution in [0.2, 0.25) is 0 Å². The zero-order chi connectivity index (χ0) is 13.9. The Balaban J connectivity index is 2.22. The molecule has 1 aromatic rings. The van der Waals surface area contributed by atoms with Gasteiger partial charge in [0.1, 0.15) is 6.33 Å². The zero-order valence-electron chi connectivity index (χ0n) is 12.3. The minimum absolute atomic E-state index is 0.300. The summed E-state index contributed by atoms with van der Waals surface area (Å²) in [5.41, 5.74) is 0.300. The molecule has 5 heteroatoms. The van der Waals surface area contributed by atoms with Crippen molar-refractivity contribution in [3.63, 3.8) is 0 Å². The van der Waals surface area contributed by atoms with Crippen LogP contribution in [0.5, 0.6) is 5.75 Å². The van der Waals surface area contributed by atoms with Gasteiger partial charge in [0.05, 0.1) is 7.11 Å². The van der Waals surface area contributed by atoms with Crippen LogP contribution in [0.25, 0.3) is 0 Å². The number of anilines is 2. The van der Waals surface area contributed by atoms with Crippen LogP contribution in [0.1, 0.15) is 40.0 Å². The van der Waals surface area contributed by atoms with E-state index in [1.165, 1.54) is 19.3 Å². The minimum atomic E-state index is 0.300.